The quantitative estimate of drug-likeness (QED) is 0.121. The monoisotopic (exact) mass is 800 g/mol. The highest BCUT2D eigenvalue weighted by Gasteiger charge is 2.40. The van der Waals surface area contributed by atoms with Gasteiger partial charge < -0.3 is 35.0 Å². The SMILES string of the molecule is COc1ncc(-c2ccc3ncnc(N4CCN(C(=O)/C=C/C(C)=O)CC4)c3c2)cc1NS(=O)(=O)c1ccc(F)cc1F.O=C(O)CC(O)(CC(=O)O)C(=O)O. The Balaban J connectivity index is 0.000000460. The molecule has 0 radical (unpaired) electrons. The number of pyridine rings is 1. The van der Waals surface area contributed by atoms with E-state index in [4.69, 9.17) is 25.2 Å². The number of carbonyl (C=O) groups is 5. The molecular weight excluding hydrogens is 766 g/mol. The van der Waals surface area contributed by atoms with Crippen molar-refractivity contribution in [3.05, 3.63) is 78.8 Å². The largest absolute Gasteiger partial charge is 0.481 e. The maximum absolute atomic E-state index is 14.3. The van der Waals surface area contributed by atoms with Gasteiger partial charge in [-0.25, -0.2) is 36.9 Å². The summed E-state index contributed by atoms with van der Waals surface area (Å²) in [7, 11) is -3.14. The molecule has 296 valence electrons. The number of halogens is 2. The van der Waals surface area contributed by atoms with Crippen LogP contribution in [0.4, 0.5) is 20.3 Å². The molecule has 1 fully saturated rings. The Bertz CT molecular complexity index is 2300. The van der Waals surface area contributed by atoms with E-state index in [1.165, 1.54) is 44.8 Å². The zero-order valence-corrected chi connectivity index (χ0v) is 30.4. The van der Waals surface area contributed by atoms with Gasteiger partial charge in [-0.2, -0.15) is 0 Å². The molecule has 56 heavy (non-hydrogen) atoms. The lowest BCUT2D eigenvalue weighted by molar-refractivity contribution is -0.170. The molecule has 1 amide bonds. The van der Waals surface area contributed by atoms with Crippen molar-refractivity contribution >= 4 is 62.0 Å². The molecule has 2 aromatic carbocycles. The van der Waals surface area contributed by atoms with Crippen molar-refractivity contribution in [1.29, 1.82) is 0 Å². The number of allylic oxidation sites excluding steroid dienone is 1. The van der Waals surface area contributed by atoms with E-state index >= 15 is 0 Å². The van der Waals surface area contributed by atoms with Crippen molar-refractivity contribution in [2.45, 2.75) is 30.3 Å². The number of methoxy groups -OCH3 is 1. The number of carbonyl (C=O) groups excluding carboxylic acids is 2. The highest BCUT2D eigenvalue weighted by atomic mass is 32.2. The maximum atomic E-state index is 14.3. The van der Waals surface area contributed by atoms with Crippen LogP contribution in [0, 0.1) is 11.6 Å². The highest BCUT2D eigenvalue weighted by molar-refractivity contribution is 7.92. The number of carboxylic acids is 3. The van der Waals surface area contributed by atoms with E-state index < -0.39 is 62.9 Å². The van der Waals surface area contributed by atoms with E-state index in [-0.39, 0.29) is 23.3 Å². The first-order chi connectivity index (χ1) is 26.3. The summed E-state index contributed by atoms with van der Waals surface area (Å²) in [5, 5.41) is 34.5. The Morgan fingerprint density at radius 1 is 0.893 bits per heavy atom. The number of benzene rings is 2. The fraction of sp³-hybridized carbons (Fsp3) is 0.257. The number of hydrogen-bond acceptors (Lipinski definition) is 13. The van der Waals surface area contributed by atoms with Gasteiger partial charge in [0.1, 0.15) is 34.4 Å². The van der Waals surface area contributed by atoms with Crippen molar-refractivity contribution in [1.82, 2.24) is 19.9 Å². The fourth-order valence-corrected chi connectivity index (χ4v) is 6.47. The number of ether oxygens (including phenoxy) is 1. The second-order valence-electron chi connectivity index (χ2n) is 12.1. The molecule has 21 heteroatoms. The van der Waals surface area contributed by atoms with Gasteiger partial charge in [0.05, 0.1) is 25.5 Å². The number of amides is 1. The lowest BCUT2D eigenvalue weighted by Gasteiger charge is -2.35. The van der Waals surface area contributed by atoms with Gasteiger partial charge in [-0.1, -0.05) is 6.07 Å². The van der Waals surface area contributed by atoms with Crippen LogP contribution < -0.4 is 14.4 Å². The number of anilines is 2. The number of aromatic nitrogens is 3. The summed E-state index contributed by atoms with van der Waals surface area (Å²) in [6, 6.07) is 9.09. The summed E-state index contributed by atoms with van der Waals surface area (Å²) in [5.41, 5.74) is -0.936. The van der Waals surface area contributed by atoms with Crippen LogP contribution in [0.2, 0.25) is 0 Å². The van der Waals surface area contributed by atoms with Crippen molar-refractivity contribution in [3.63, 3.8) is 0 Å². The van der Waals surface area contributed by atoms with Crippen molar-refractivity contribution in [2.24, 2.45) is 0 Å². The molecule has 0 atom stereocenters. The smallest absolute Gasteiger partial charge is 0.336 e. The number of fused-ring (bicyclic) bond motifs is 1. The second-order valence-corrected chi connectivity index (χ2v) is 13.8. The standard InChI is InChI=1S/C29H26F2N6O5S.C6H8O7/c1-18(38)3-8-27(39)36-9-11-37(12-10-36)28-22-13-19(4-6-24(22)33-17-34-28)20-14-25(29(42-2)32-16-20)35-43(40,41)26-7-5-21(30)15-23(26)31;7-3(8)1-6(13,5(11)12)2-4(9)10/h3-8,13-17,35H,9-12H2,1-2H3;13H,1-2H2,(H,7,8)(H,9,10)(H,11,12)/b8-3+;. The van der Waals surface area contributed by atoms with Gasteiger partial charge in [0, 0.05) is 55.5 Å². The van der Waals surface area contributed by atoms with E-state index in [1.807, 2.05) is 11.0 Å². The molecule has 3 heterocycles. The third-order valence-electron chi connectivity index (χ3n) is 8.06. The maximum Gasteiger partial charge on any atom is 0.336 e. The first-order valence-corrected chi connectivity index (χ1v) is 17.7. The first kappa shape index (κ1) is 42.1. The third-order valence-corrected chi connectivity index (χ3v) is 9.46. The van der Waals surface area contributed by atoms with Crippen molar-refractivity contribution in [3.8, 4) is 17.0 Å². The Labute approximate surface area is 316 Å². The summed E-state index contributed by atoms with van der Waals surface area (Å²) in [4.78, 5) is 70.1. The number of carboxylic acid groups (broad SMARTS) is 3. The van der Waals surface area contributed by atoms with Crippen LogP contribution >= 0.6 is 0 Å². The summed E-state index contributed by atoms with van der Waals surface area (Å²) in [6.45, 7) is 3.27. The minimum absolute atomic E-state index is 0.0482. The van der Waals surface area contributed by atoms with Crippen molar-refractivity contribution in [2.75, 3.05) is 42.9 Å². The van der Waals surface area contributed by atoms with E-state index in [0.717, 1.165) is 17.5 Å². The zero-order chi connectivity index (χ0) is 41.4. The number of nitrogens with zero attached hydrogens (tertiary/aromatic N) is 5. The molecule has 0 bridgehead atoms. The third kappa shape index (κ3) is 10.5. The molecule has 5 N–H and O–H groups in total. The predicted molar refractivity (Wildman–Crippen MR) is 192 cm³/mol. The van der Waals surface area contributed by atoms with Gasteiger partial charge in [-0.15, -0.1) is 0 Å². The Morgan fingerprint density at radius 2 is 1.55 bits per heavy atom. The lowest BCUT2D eigenvalue weighted by atomic mass is 9.96. The zero-order valence-electron chi connectivity index (χ0n) is 29.5. The number of aliphatic hydroxyl groups is 1. The van der Waals surface area contributed by atoms with Crippen LogP contribution in [0.1, 0.15) is 19.8 Å². The average molecular weight is 801 g/mol. The average Bonchev–Trinajstić information content (AvgIpc) is 3.12. The fourth-order valence-electron chi connectivity index (χ4n) is 5.36. The summed E-state index contributed by atoms with van der Waals surface area (Å²) < 4.78 is 61.1. The normalized spacial score (nSPS) is 13.2. The number of aliphatic carboxylic acids is 3. The molecule has 2 aromatic heterocycles. The van der Waals surface area contributed by atoms with Crippen LogP contribution in [0.5, 0.6) is 5.88 Å². The number of rotatable bonds is 13. The Morgan fingerprint density at radius 3 is 2.12 bits per heavy atom. The second kappa shape index (κ2) is 17.7. The molecule has 0 unspecified atom stereocenters. The summed E-state index contributed by atoms with van der Waals surface area (Å²) in [6.07, 6.45) is 3.19. The van der Waals surface area contributed by atoms with Gasteiger partial charge in [0.15, 0.2) is 11.4 Å². The van der Waals surface area contributed by atoms with Crippen LogP contribution in [0.3, 0.4) is 0 Å². The highest BCUT2D eigenvalue weighted by Crippen LogP contribution is 2.33. The molecule has 0 saturated carbocycles. The van der Waals surface area contributed by atoms with Gasteiger partial charge in [-0.05, 0) is 48.9 Å². The van der Waals surface area contributed by atoms with Crippen LogP contribution in [0.15, 0.2) is 72.0 Å². The summed E-state index contributed by atoms with van der Waals surface area (Å²) >= 11 is 0. The van der Waals surface area contributed by atoms with Gasteiger partial charge >= 0.3 is 17.9 Å². The molecule has 0 aliphatic carbocycles. The van der Waals surface area contributed by atoms with Gasteiger partial charge in [0.25, 0.3) is 10.0 Å². The minimum atomic E-state index is -4.45. The lowest BCUT2D eigenvalue weighted by Crippen LogP contribution is -2.48. The first-order valence-electron chi connectivity index (χ1n) is 16.2. The Kier molecular flexibility index (Phi) is 13.3. The predicted octanol–water partition coefficient (Wildman–Crippen LogP) is 2.32. The molecular formula is C35H34F2N6O12S. The van der Waals surface area contributed by atoms with Crippen LogP contribution in [-0.4, -0.2) is 117 Å². The van der Waals surface area contributed by atoms with Crippen LogP contribution in [-0.2, 0) is 34.0 Å². The molecule has 1 saturated heterocycles. The van der Waals surface area contributed by atoms with E-state index in [0.29, 0.717) is 54.7 Å². The van der Waals surface area contributed by atoms with Crippen molar-refractivity contribution < 1.29 is 66.3 Å². The van der Waals surface area contributed by atoms with Gasteiger partial charge in [-0.3, -0.25) is 23.9 Å². The molecule has 18 nitrogen and oxygen atoms in total. The number of nitrogens with one attached hydrogen (secondary N) is 1. The molecule has 5 rings (SSSR count). The molecule has 1 aliphatic heterocycles. The summed E-state index contributed by atoms with van der Waals surface area (Å²) in [5.74, 6) is -6.99. The number of piperazine rings is 1. The minimum Gasteiger partial charge on any atom is -0.481 e. The van der Waals surface area contributed by atoms with E-state index in [9.17, 15) is 41.2 Å². The van der Waals surface area contributed by atoms with E-state index in [2.05, 4.69) is 19.7 Å². The van der Waals surface area contributed by atoms with E-state index in [1.54, 1.807) is 17.0 Å². The number of ketones is 1. The Hall–Kier alpha value is -6.61. The van der Waals surface area contributed by atoms with Gasteiger partial charge in [0.2, 0.25) is 11.8 Å². The topological polar surface area (TPSA) is 267 Å². The molecule has 0 spiro atoms. The number of hydrogen-bond donors (Lipinski definition) is 5. The molecule has 4 aromatic rings. The van der Waals surface area contributed by atoms with Crippen LogP contribution in [0.25, 0.3) is 22.0 Å². The molecule has 1 aliphatic rings. The number of sulfonamides is 1.